The number of carbonyl (C=O) groups is 5. The third kappa shape index (κ3) is 17.3. The fourth-order valence-electron chi connectivity index (χ4n) is 10.1. The summed E-state index contributed by atoms with van der Waals surface area (Å²) in [4.78, 5) is 68.6. The van der Waals surface area contributed by atoms with E-state index in [0.717, 1.165) is 88.4 Å². The van der Waals surface area contributed by atoms with Crippen LogP contribution in [0.15, 0.2) is 60.7 Å². The Morgan fingerprint density at radius 3 is 1.46 bits per heavy atom. The summed E-state index contributed by atoms with van der Waals surface area (Å²) < 4.78 is 10.5. The van der Waals surface area contributed by atoms with Gasteiger partial charge in [0.05, 0.1) is 6.04 Å². The van der Waals surface area contributed by atoms with Crippen molar-refractivity contribution in [3.8, 4) is 0 Å². The number of carbonyl (C=O) groups excluding carboxylic acids is 4. The second-order valence-electron chi connectivity index (χ2n) is 19.1. The first-order valence-electron chi connectivity index (χ1n) is 25.9. The smallest absolute Gasteiger partial charge is 0.410 e. The number of amides is 4. The van der Waals surface area contributed by atoms with Crippen molar-refractivity contribution in [1.29, 1.82) is 0 Å². The molecule has 0 spiro atoms. The van der Waals surface area contributed by atoms with E-state index < -0.39 is 18.1 Å². The van der Waals surface area contributed by atoms with E-state index in [4.69, 9.17) is 14.6 Å². The molecule has 2 aromatic carbocycles. The molecule has 16 heteroatoms. The second kappa shape index (κ2) is 29.3. The predicted octanol–water partition coefficient (Wildman–Crippen LogP) is 5.85. The van der Waals surface area contributed by atoms with Gasteiger partial charge in [-0.2, -0.15) is 0 Å². The summed E-state index contributed by atoms with van der Waals surface area (Å²) in [7, 11) is 0. The van der Waals surface area contributed by atoms with Crippen molar-refractivity contribution < 1.29 is 38.6 Å². The Kier molecular flexibility index (Phi) is 22.7. The fraction of sp³-hybridized carbons (Fsp3) is 0.673. The number of aliphatic carboxylic acids is 1. The van der Waals surface area contributed by atoms with E-state index in [2.05, 4.69) is 20.9 Å². The van der Waals surface area contributed by atoms with Crippen molar-refractivity contribution in [2.24, 2.45) is 0 Å². The minimum Gasteiger partial charge on any atom is -0.480 e. The van der Waals surface area contributed by atoms with Crippen LogP contribution in [0.1, 0.15) is 114 Å². The van der Waals surface area contributed by atoms with Gasteiger partial charge in [0.1, 0.15) is 25.3 Å². The maximum Gasteiger partial charge on any atom is 0.410 e. The van der Waals surface area contributed by atoms with E-state index in [9.17, 15) is 24.0 Å². The van der Waals surface area contributed by atoms with Gasteiger partial charge in [0.2, 0.25) is 11.8 Å². The SMILES string of the molecule is C1CCNC1.C1CN[C@@H](CN2CCCC2)C1.O=C(O)[C@H]1CCCN1C(=O)OCc1ccccc1.O=C([C@H]1CCCN1)N1CCCC1.O=C([C@H]1CCCN1C(=O)OCc1ccccc1)N1CCCC1. The van der Waals surface area contributed by atoms with Gasteiger partial charge in [-0.3, -0.25) is 19.4 Å². The Morgan fingerprint density at radius 2 is 0.985 bits per heavy atom. The van der Waals surface area contributed by atoms with Crippen LogP contribution in [0, 0.1) is 0 Å². The number of hydrogen-bond donors (Lipinski definition) is 4. The maximum atomic E-state index is 12.5. The zero-order valence-corrected chi connectivity index (χ0v) is 40.5. The Hall–Kier alpha value is -4.77. The lowest BCUT2D eigenvalue weighted by molar-refractivity contribution is -0.141. The van der Waals surface area contributed by atoms with E-state index >= 15 is 0 Å². The van der Waals surface area contributed by atoms with E-state index in [1.807, 2.05) is 70.5 Å². The number of nitrogens with zero attached hydrogens (tertiary/aromatic N) is 5. The molecule has 0 bridgehead atoms. The van der Waals surface area contributed by atoms with Crippen LogP contribution in [0.4, 0.5) is 9.59 Å². The summed E-state index contributed by atoms with van der Waals surface area (Å²) in [6, 6.07) is 18.8. The lowest BCUT2D eigenvalue weighted by Crippen LogP contribution is -2.47. The average molecular weight is 945 g/mol. The van der Waals surface area contributed by atoms with Crippen LogP contribution in [0.5, 0.6) is 0 Å². The second-order valence-corrected chi connectivity index (χ2v) is 19.1. The van der Waals surface area contributed by atoms with E-state index in [0.29, 0.717) is 31.8 Å². The van der Waals surface area contributed by atoms with Crippen LogP contribution >= 0.6 is 0 Å². The number of ether oxygens (including phenoxy) is 2. The molecule has 8 aliphatic heterocycles. The number of likely N-dealkylation sites (tertiary alicyclic amines) is 5. The Bertz CT molecular complexity index is 1750. The molecule has 4 atom stereocenters. The third-order valence-electron chi connectivity index (χ3n) is 13.9. The minimum atomic E-state index is -0.968. The maximum absolute atomic E-state index is 12.5. The summed E-state index contributed by atoms with van der Waals surface area (Å²) >= 11 is 0. The lowest BCUT2D eigenvalue weighted by Gasteiger charge is -2.27. The molecular weight excluding hydrogens is 865 g/mol. The summed E-state index contributed by atoms with van der Waals surface area (Å²) in [5.41, 5.74) is 1.84. The average Bonchev–Trinajstić information content (AvgIpc) is 4.21. The summed E-state index contributed by atoms with van der Waals surface area (Å²) in [6.45, 7) is 13.9. The first kappa shape index (κ1) is 52.6. The minimum absolute atomic E-state index is 0.0895. The molecule has 0 saturated carbocycles. The number of rotatable bonds is 9. The van der Waals surface area contributed by atoms with Gasteiger partial charge in [-0.15, -0.1) is 0 Å². The van der Waals surface area contributed by atoms with Gasteiger partial charge in [-0.1, -0.05) is 60.7 Å². The summed E-state index contributed by atoms with van der Waals surface area (Å²) in [6.07, 6.45) is 17.0. The van der Waals surface area contributed by atoms with Gasteiger partial charge in [-0.25, -0.2) is 14.4 Å². The Morgan fingerprint density at radius 1 is 0.500 bits per heavy atom. The molecule has 10 rings (SSSR count). The summed E-state index contributed by atoms with van der Waals surface area (Å²) in [5.74, 6) is -0.541. The number of benzene rings is 2. The first-order valence-corrected chi connectivity index (χ1v) is 25.9. The molecule has 8 aliphatic rings. The highest BCUT2D eigenvalue weighted by Crippen LogP contribution is 2.23. The van der Waals surface area contributed by atoms with Crippen molar-refractivity contribution in [3.63, 3.8) is 0 Å². The number of hydrogen-bond acceptors (Lipinski definition) is 11. The summed E-state index contributed by atoms with van der Waals surface area (Å²) in [5, 5.41) is 19.0. The Balaban J connectivity index is 0.000000148. The van der Waals surface area contributed by atoms with Crippen molar-refractivity contribution in [2.45, 2.75) is 140 Å². The molecule has 8 saturated heterocycles. The van der Waals surface area contributed by atoms with Crippen molar-refractivity contribution in [3.05, 3.63) is 71.8 Å². The molecule has 8 fully saturated rings. The molecule has 0 radical (unpaired) electrons. The van der Waals surface area contributed by atoms with Gasteiger partial charge in [0.15, 0.2) is 0 Å². The largest absolute Gasteiger partial charge is 0.480 e. The number of carboxylic acid groups (broad SMARTS) is 1. The van der Waals surface area contributed by atoms with Gasteiger partial charge in [0, 0.05) is 51.9 Å². The number of carboxylic acids is 1. The first-order chi connectivity index (χ1) is 33.3. The van der Waals surface area contributed by atoms with Crippen molar-refractivity contribution >= 4 is 30.0 Å². The zero-order chi connectivity index (χ0) is 47.8. The highest BCUT2D eigenvalue weighted by molar-refractivity contribution is 5.86. The lowest BCUT2D eigenvalue weighted by atomic mass is 10.2. The van der Waals surface area contributed by atoms with Crippen LogP contribution < -0.4 is 16.0 Å². The quantitative estimate of drug-likeness (QED) is 0.237. The highest BCUT2D eigenvalue weighted by atomic mass is 16.6. The van der Waals surface area contributed by atoms with Gasteiger partial charge >= 0.3 is 18.2 Å². The van der Waals surface area contributed by atoms with E-state index in [-0.39, 0.29) is 37.3 Å². The monoisotopic (exact) mass is 945 g/mol. The van der Waals surface area contributed by atoms with Crippen LogP contribution in [0.3, 0.4) is 0 Å². The molecular formula is C52H80N8O8. The standard InChI is InChI=1S/C17H22N2O3.C13H15NO4.C9H16N2O.C9H18N2.C4H9N/c20-16(18-10-4-5-11-18)15-9-6-12-19(15)17(21)22-13-14-7-2-1-3-8-14;15-12(16)11-7-4-8-14(11)13(17)18-9-10-5-2-1-3-6-10;12-9(8-4-3-5-10-8)11-6-1-2-7-11;1-2-7-11(6-1)8-9-4-3-5-10-9;1-2-4-5-3-1/h1-3,7-8,15H,4-6,9-13H2;1-3,5-6,11H,4,7-9H2,(H,15,16);8,10H,1-7H2;9-10H,1-8H2;5H,1-4H2/t15-;11-;8-;9-;/m1111./s1. The predicted molar refractivity (Wildman–Crippen MR) is 262 cm³/mol. The Labute approximate surface area is 404 Å². The zero-order valence-electron chi connectivity index (χ0n) is 40.5. The molecule has 0 unspecified atom stereocenters. The highest BCUT2D eigenvalue weighted by Gasteiger charge is 2.38. The molecule has 68 heavy (non-hydrogen) atoms. The topological polar surface area (TPSA) is 176 Å². The number of nitrogens with one attached hydrogen (secondary N) is 3. The third-order valence-corrected chi connectivity index (χ3v) is 13.9. The molecule has 8 heterocycles. The van der Waals surface area contributed by atoms with Crippen molar-refractivity contribution in [2.75, 3.05) is 85.1 Å². The molecule has 376 valence electrons. The van der Waals surface area contributed by atoms with Gasteiger partial charge in [0.25, 0.3) is 0 Å². The van der Waals surface area contributed by atoms with Crippen LogP contribution in [-0.4, -0.2) is 169 Å². The molecule has 4 N–H and O–H groups in total. The molecule has 2 aromatic rings. The van der Waals surface area contributed by atoms with Crippen molar-refractivity contribution in [1.82, 2.24) is 40.4 Å². The van der Waals surface area contributed by atoms with Crippen LogP contribution in [0.25, 0.3) is 0 Å². The van der Waals surface area contributed by atoms with Gasteiger partial charge < -0.3 is 45.2 Å². The molecule has 0 aromatic heterocycles. The van der Waals surface area contributed by atoms with Gasteiger partial charge in [-0.05, 0) is 153 Å². The van der Waals surface area contributed by atoms with Crippen LogP contribution in [-0.2, 0) is 37.1 Å². The fourth-order valence-corrected chi connectivity index (χ4v) is 10.1. The van der Waals surface area contributed by atoms with Crippen LogP contribution in [0.2, 0.25) is 0 Å². The van der Waals surface area contributed by atoms with E-state index in [1.165, 1.54) is 95.5 Å². The van der Waals surface area contributed by atoms with E-state index in [1.54, 1.807) is 4.90 Å². The normalized spacial score (nSPS) is 24.2. The molecule has 0 aliphatic carbocycles. The molecule has 4 amide bonds. The molecule has 16 nitrogen and oxygen atoms in total.